The Bertz CT molecular complexity index is 330. The van der Waals surface area contributed by atoms with Crippen molar-refractivity contribution in [3.05, 3.63) is 11.9 Å². The Morgan fingerprint density at radius 1 is 1.38 bits per heavy atom. The van der Waals surface area contributed by atoms with Gasteiger partial charge in [-0.2, -0.15) is 0 Å². The molecule has 1 heterocycles. The summed E-state index contributed by atoms with van der Waals surface area (Å²) in [5, 5.41) is 8.95. The molecular formula is C11H20N4O. The molecule has 0 spiro atoms. The van der Waals surface area contributed by atoms with Gasteiger partial charge in [0, 0.05) is 25.6 Å². The number of anilines is 2. The van der Waals surface area contributed by atoms with E-state index >= 15 is 0 Å². The summed E-state index contributed by atoms with van der Waals surface area (Å²) in [5.41, 5.74) is 5.74. The van der Waals surface area contributed by atoms with Crippen LogP contribution in [-0.4, -0.2) is 34.8 Å². The highest BCUT2D eigenvalue weighted by Gasteiger charge is 2.08. The van der Waals surface area contributed by atoms with E-state index in [1.54, 1.807) is 6.07 Å². The zero-order chi connectivity index (χ0) is 12.0. The molecule has 5 nitrogen and oxygen atoms in total. The minimum Gasteiger partial charge on any atom is -0.395 e. The van der Waals surface area contributed by atoms with Gasteiger partial charge < -0.3 is 15.7 Å². The third-order valence-corrected chi connectivity index (χ3v) is 2.33. The van der Waals surface area contributed by atoms with Crippen LogP contribution in [0, 0.1) is 0 Å². The van der Waals surface area contributed by atoms with Gasteiger partial charge in [0.2, 0.25) is 0 Å². The Labute approximate surface area is 96.3 Å². The number of nitrogens with two attached hydrogens (primary N) is 1. The average molecular weight is 224 g/mol. The highest BCUT2D eigenvalue weighted by molar-refractivity contribution is 5.46. The maximum Gasteiger partial charge on any atom is 0.134 e. The quantitative estimate of drug-likeness (QED) is 0.748. The number of aromatic nitrogens is 2. The molecule has 0 amide bonds. The number of hydrogen-bond donors (Lipinski definition) is 2. The Kier molecular flexibility index (Phi) is 4.98. The number of hydrogen-bond acceptors (Lipinski definition) is 5. The van der Waals surface area contributed by atoms with Crippen LogP contribution in [0.2, 0.25) is 0 Å². The Morgan fingerprint density at radius 3 is 2.69 bits per heavy atom. The van der Waals surface area contributed by atoms with E-state index in [-0.39, 0.29) is 6.61 Å². The smallest absolute Gasteiger partial charge is 0.134 e. The summed E-state index contributed by atoms with van der Waals surface area (Å²) in [6.45, 7) is 5.58. The van der Waals surface area contributed by atoms with Gasteiger partial charge in [-0.25, -0.2) is 9.97 Å². The Balaban J connectivity index is 2.92. The molecule has 1 aromatic rings. The van der Waals surface area contributed by atoms with Crippen molar-refractivity contribution in [1.82, 2.24) is 9.97 Å². The molecule has 0 aliphatic rings. The average Bonchev–Trinajstić information content (AvgIpc) is 2.25. The fourth-order valence-electron chi connectivity index (χ4n) is 1.56. The summed E-state index contributed by atoms with van der Waals surface area (Å²) >= 11 is 0. The normalized spacial score (nSPS) is 10.4. The fourth-order valence-corrected chi connectivity index (χ4v) is 1.56. The first-order chi connectivity index (χ1) is 7.71. The molecule has 0 saturated carbocycles. The second-order valence-corrected chi connectivity index (χ2v) is 3.62. The van der Waals surface area contributed by atoms with E-state index in [9.17, 15) is 0 Å². The van der Waals surface area contributed by atoms with Gasteiger partial charge in [-0.3, -0.25) is 0 Å². The number of aliphatic hydroxyl groups excluding tert-OH is 1. The van der Waals surface area contributed by atoms with E-state index in [0.717, 1.165) is 31.0 Å². The monoisotopic (exact) mass is 224 g/mol. The molecule has 0 radical (unpaired) electrons. The summed E-state index contributed by atoms with van der Waals surface area (Å²) in [4.78, 5) is 10.6. The van der Waals surface area contributed by atoms with Crippen LogP contribution in [0.15, 0.2) is 6.07 Å². The number of likely N-dealkylation sites (N-methyl/N-ethyl adjacent to an activating group) is 1. The van der Waals surface area contributed by atoms with Crippen molar-refractivity contribution in [2.45, 2.75) is 26.7 Å². The molecule has 0 fully saturated rings. The molecule has 1 rings (SSSR count). The van der Waals surface area contributed by atoms with Crippen molar-refractivity contribution >= 4 is 11.6 Å². The molecule has 5 heteroatoms. The minimum atomic E-state index is 0.112. The lowest BCUT2D eigenvalue weighted by molar-refractivity contribution is 0.302. The van der Waals surface area contributed by atoms with Crippen LogP contribution in [0.1, 0.15) is 26.1 Å². The zero-order valence-corrected chi connectivity index (χ0v) is 9.98. The lowest BCUT2D eigenvalue weighted by Crippen LogP contribution is -2.27. The van der Waals surface area contributed by atoms with Gasteiger partial charge in [-0.15, -0.1) is 0 Å². The molecule has 0 saturated heterocycles. The molecule has 0 aliphatic heterocycles. The lowest BCUT2D eigenvalue weighted by atomic mass is 10.3. The first-order valence-electron chi connectivity index (χ1n) is 5.70. The van der Waals surface area contributed by atoms with Crippen molar-refractivity contribution in [1.29, 1.82) is 0 Å². The predicted octanol–water partition coefficient (Wildman–Crippen LogP) is 0.830. The van der Waals surface area contributed by atoms with Gasteiger partial charge >= 0.3 is 0 Å². The van der Waals surface area contributed by atoms with Crippen molar-refractivity contribution in [3.63, 3.8) is 0 Å². The Morgan fingerprint density at radius 2 is 2.12 bits per heavy atom. The lowest BCUT2D eigenvalue weighted by Gasteiger charge is -2.21. The minimum absolute atomic E-state index is 0.112. The molecule has 1 aromatic heterocycles. The zero-order valence-electron chi connectivity index (χ0n) is 9.98. The van der Waals surface area contributed by atoms with Crippen LogP contribution in [-0.2, 0) is 6.42 Å². The van der Waals surface area contributed by atoms with Gasteiger partial charge in [0.25, 0.3) is 0 Å². The SMILES string of the molecule is CCCc1nc(N)cc(N(CC)CCO)n1. The van der Waals surface area contributed by atoms with Crippen LogP contribution in [0.4, 0.5) is 11.6 Å². The van der Waals surface area contributed by atoms with Gasteiger partial charge in [-0.1, -0.05) is 6.92 Å². The maximum atomic E-state index is 8.95. The third-order valence-electron chi connectivity index (χ3n) is 2.33. The van der Waals surface area contributed by atoms with Gasteiger partial charge in [0.1, 0.15) is 17.5 Å². The highest BCUT2D eigenvalue weighted by Crippen LogP contribution is 2.14. The van der Waals surface area contributed by atoms with Crippen LogP contribution in [0.5, 0.6) is 0 Å². The van der Waals surface area contributed by atoms with Crippen LogP contribution in [0.3, 0.4) is 0 Å². The number of aliphatic hydroxyl groups is 1. The molecule has 0 bridgehead atoms. The topological polar surface area (TPSA) is 75.3 Å². The van der Waals surface area contributed by atoms with E-state index < -0.39 is 0 Å². The summed E-state index contributed by atoms with van der Waals surface area (Å²) in [5.74, 6) is 2.06. The molecular weight excluding hydrogens is 204 g/mol. The molecule has 0 unspecified atom stereocenters. The predicted molar refractivity (Wildman–Crippen MR) is 65.4 cm³/mol. The largest absolute Gasteiger partial charge is 0.395 e. The van der Waals surface area contributed by atoms with Crippen LogP contribution >= 0.6 is 0 Å². The summed E-state index contributed by atoms with van der Waals surface area (Å²) in [7, 11) is 0. The third kappa shape index (κ3) is 3.34. The molecule has 3 N–H and O–H groups in total. The number of nitrogen functional groups attached to an aromatic ring is 1. The van der Waals surface area contributed by atoms with Crippen LogP contribution in [0.25, 0.3) is 0 Å². The molecule has 0 aromatic carbocycles. The van der Waals surface area contributed by atoms with Gasteiger partial charge in [0.05, 0.1) is 6.61 Å². The van der Waals surface area contributed by atoms with E-state index in [0.29, 0.717) is 12.4 Å². The Hall–Kier alpha value is -1.36. The van der Waals surface area contributed by atoms with Gasteiger partial charge in [0.15, 0.2) is 0 Å². The number of nitrogens with zero attached hydrogens (tertiary/aromatic N) is 3. The number of rotatable bonds is 6. The van der Waals surface area contributed by atoms with E-state index in [4.69, 9.17) is 10.8 Å². The summed E-state index contributed by atoms with van der Waals surface area (Å²) in [6.07, 6.45) is 1.82. The molecule has 16 heavy (non-hydrogen) atoms. The fraction of sp³-hybridized carbons (Fsp3) is 0.636. The van der Waals surface area contributed by atoms with Crippen molar-refractivity contribution in [2.75, 3.05) is 30.3 Å². The van der Waals surface area contributed by atoms with Crippen molar-refractivity contribution in [2.24, 2.45) is 0 Å². The second kappa shape index (κ2) is 6.27. The number of aryl methyl sites for hydroxylation is 1. The van der Waals surface area contributed by atoms with Crippen molar-refractivity contribution < 1.29 is 5.11 Å². The highest BCUT2D eigenvalue weighted by atomic mass is 16.3. The maximum absolute atomic E-state index is 8.95. The molecule has 0 atom stereocenters. The van der Waals surface area contributed by atoms with Gasteiger partial charge in [-0.05, 0) is 13.3 Å². The van der Waals surface area contributed by atoms with E-state index in [1.165, 1.54) is 0 Å². The van der Waals surface area contributed by atoms with E-state index in [2.05, 4.69) is 16.9 Å². The standard InChI is InChI=1S/C11H20N4O/c1-3-5-10-13-9(12)8-11(14-10)15(4-2)6-7-16/h8,16H,3-7H2,1-2H3,(H2,12,13,14). The summed E-state index contributed by atoms with van der Waals surface area (Å²) in [6, 6.07) is 1.75. The second-order valence-electron chi connectivity index (χ2n) is 3.62. The first-order valence-corrected chi connectivity index (χ1v) is 5.70. The molecule has 0 aliphatic carbocycles. The first kappa shape index (κ1) is 12.7. The molecule has 90 valence electrons. The summed E-state index contributed by atoms with van der Waals surface area (Å²) < 4.78 is 0. The van der Waals surface area contributed by atoms with Crippen LogP contribution < -0.4 is 10.6 Å². The van der Waals surface area contributed by atoms with E-state index in [1.807, 2.05) is 11.8 Å². The van der Waals surface area contributed by atoms with Crippen molar-refractivity contribution in [3.8, 4) is 0 Å².